The lowest BCUT2D eigenvalue weighted by Crippen LogP contribution is -2.34. The molecule has 42 heavy (non-hydrogen) atoms. The van der Waals surface area contributed by atoms with E-state index in [0.29, 0.717) is 6.61 Å². The third-order valence-corrected chi connectivity index (χ3v) is 8.44. The van der Waals surface area contributed by atoms with E-state index in [1.54, 1.807) is 7.11 Å². The normalized spacial score (nSPS) is 15.4. The first-order valence-electron chi connectivity index (χ1n) is 16.6. The summed E-state index contributed by atoms with van der Waals surface area (Å²) in [6.07, 6.45) is 26.7. The second kappa shape index (κ2) is 29.1. The fourth-order valence-corrected chi connectivity index (χ4v) is 5.53. The maximum Gasteiger partial charge on any atom is 0.472 e. The number of nitrogens with two attached hydrogens (primary N) is 1. The van der Waals surface area contributed by atoms with Crippen LogP contribution in [0.15, 0.2) is 0 Å². The molecule has 2 unspecified atom stereocenters. The zero-order chi connectivity index (χ0) is 31.3. The van der Waals surface area contributed by atoms with Crippen molar-refractivity contribution in [1.29, 1.82) is 0 Å². The maximum absolute atomic E-state index is 11.7. The minimum atomic E-state index is -4.53. The van der Waals surface area contributed by atoms with Crippen molar-refractivity contribution in [2.24, 2.45) is 5.73 Å². The molecule has 0 aliphatic rings. The van der Waals surface area contributed by atoms with Gasteiger partial charge in [-0.15, -0.1) is 0 Å². The molecule has 0 amide bonds. The number of carbonyl (C=O) groups is 1. The molecule has 0 radical (unpaired) electrons. The third kappa shape index (κ3) is 28.2. The van der Waals surface area contributed by atoms with Gasteiger partial charge in [-0.3, -0.25) is 13.8 Å². The number of ether oxygens (including phenoxy) is 2. The first-order valence-corrected chi connectivity index (χ1v) is 18.1. The molecule has 0 aliphatic heterocycles. The number of carboxylic acids is 1. The van der Waals surface area contributed by atoms with Gasteiger partial charge in [-0.1, -0.05) is 135 Å². The molecule has 0 spiro atoms. The van der Waals surface area contributed by atoms with Crippen LogP contribution in [0.5, 0.6) is 0 Å². The summed E-state index contributed by atoms with van der Waals surface area (Å²) in [5.74, 6) is -1.37. The Morgan fingerprint density at radius 3 is 1.50 bits per heavy atom. The molecule has 0 saturated heterocycles. The average Bonchev–Trinajstić information content (AvgIpc) is 2.96. The highest BCUT2D eigenvalue weighted by molar-refractivity contribution is 7.47. The predicted molar refractivity (Wildman–Crippen MR) is 168 cm³/mol. The minimum absolute atomic E-state index is 0.0848. The summed E-state index contributed by atoms with van der Waals surface area (Å²) < 4.78 is 31.8. The number of aliphatic carboxylic acids is 1. The van der Waals surface area contributed by atoms with E-state index in [2.05, 4.69) is 16.0 Å². The van der Waals surface area contributed by atoms with E-state index in [4.69, 9.17) is 20.3 Å². The number of unbranched alkanes of at least 4 members (excludes halogenated alkanes) is 19. The lowest BCUT2D eigenvalue weighted by molar-refractivity contribution is -0.139. The zero-order valence-electron chi connectivity index (χ0n) is 26.7. The van der Waals surface area contributed by atoms with Crippen LogP contribution in [0.4, 0.5) is 0 Å². The summed E-state index contributed by atoms with van der Waals surface area (Å²) in [5.41, 5.74) is 5.21. The predicted octanol–water partition coefficient (Wildman–Crippen LogP) is 7.14. The number of carboxylic acid groups (broad SMARTS) is 1. The third-order valence-electron chi connectivity index (χ3n) is 7.49. The molecular formula is C31H64NO9P. The Morgan fingerprint density at radius 2 is 1.10 bits per heavy atom. The van der Waals surface area contributed by atoms with Crippen molar-refractivity contribution in [3.8, 4) is 0 Å². The molecule has 0 aliphatic carbocycles. The van der Waals surface area contributed by atoms with Crippen molar-refractivity contribution >= 4 is 13.8 Å². The van der Waals surface area contributed by atoms with Gasteiger partial charge in [0.05, 0.1) is 32.5 Å². The maximum atomic E-state index is 11.7. The Kier molecular flexibility index (Phi) is 28.7. The van der Waals surface area contributed by atoms with Gasteiger partial charge in [0, 0.05) is 7.11 Å². The number of hydrogen-bond donors (Lipinski definition) is 4. The largest absolute Gasteiger partial charge is 0.480 e. The Morgan fingerprint density at radius 1 is 0.690 bits per heavy atom. The van der Waals surface area contributed by atoms with Gasteiger partial charge in [0.25, 0.3) is 0 Å². The number of aliphatic hydroxyl groups is 1. The van der Waals surface area contributed by atoms with Gasteiger partial charge < -0.3 is 30.3 Å². The van der Waals surface area contributed by atoms with Crippen molar-refractivity contribution in [3.05, 3.63) is 0 Å². The summed E-state index contributed by atoms with van der Waals surface area (Å²) in [7, 11) is -2.89. The van der Waals surface area contributed by atoms with E-state index in [-0.39, 0.29) is 12.7 Å². The highest BCUT2D eigenvalue weighted by Gasteiger charge is 2.25. The highest BCUT2D eigenvalue weighted by Crippen LogP contribution is 2.43. The average molecular weight is 626 g/mol. The number of methoxy groups -OCH3 is 1. The summed E-state index contributed by atoms with van der Waals surface area (Å²) >= 11 is 0. The zero-order valence-corrected chi connectivity index (χ0v) is 27.6. The molecule has 0 aromatic heterocycles. The molecule has 0 saturated carbocycles. The highest BCUT2D eigenvalue weighted by atomic mass is 31.2. The Bertz CT molecular complexity index is 656. The number of aliphatic hydroxyl groups excluding tert-OH is 1. The lowest BCUT2D eigenvalue weighted by Gasteiger charge is -2.18. The summed E-state index contributed by atoms with van der Waals surface area (Å²) in [6.45, 7) is 1.27. The smallest absolute Gasteiger partial charge is 0.472 e. The molecule has 0 bridgehead atoms. The van der Waals surface area contributed by atoms with Crippen LogP contribution in [-0.2, 0) is 27.9 Å². The molecule has 4 atom stereocenters. The molecule has 0 fully saturated rings. The van der Waals surface area contributed by atoms with Gasteiger partial charge in [0.2, 0.25) is 0 Å². The van der Waals surface area contributed by atoms with Crippen molar-refractivity contribution in [2.45, 2.75) is 160 Å². The van der Waals surface area contributed by atoms with Crippen molar-refractivity contribution < 1.29 is 43.0 Å². The summed E-state index contributed by atoms with van der Waals surface area (Å²) in [4.78, 5) is 20.1. The molecule has 11 heteroatoms. The monoisotopic (exact) mass is 625 g/mol. The second-order valence-electron chi connectivity index (χ2n) is 11.6. The molecule has 10 nitrogen and oxygen atoms in total. The number of hydrogen-bond acceptors (Lipinski definition) is 8. The van der Waals surface area contributed by atoms with Gasteiger partial charge in [-0.25, -0.2) is 4.57 Å². The van der Waals surface area contributed by atoms with Crippen molar-refractivity contribution in [3.63, 3.8) is 0 Å². The SMILES string of the molecule is CCCCCCCCCCCCCCCCCCCCCCC(COC[C@@H](O)COP(=O)(O)OC[C@H](N)C(=O)O)OC. The van der Waals surface area contributed by atoms with Gasteiger partial charge in [0.1, 0.15) is 12.1 Å². The van der Waals surface area contributed by atoms with Crippen molar-refractivity contribution in [2.75, 3.05) is 33.5 Å². The fourth-order valence-electron chi connectivity index (χ4n) is 4.74. The summed E-state index contributed by atoms with van der Waals surface area (Å²) in [5, 5.41) is 18.6. The van der Waals surface area contributed by atoms with E-state index in [9.17, 15) is 19.4 Å². The van der Waals surface area contributed by atoms with Gasteiger partial charge >= 0.3 is 13.8 Å². The number of rotatable bonds is 33. The molecule has 0 aromatic carbocycles. The van der Waals surface area contributed by atoms with Crippen LogP contribution >= 0.6 is 7.82 Å². The fraction of sp³-hybridized carbons (Fsp3) is 0.968. The number of phosphoric acid groups is 1. The van der Waals surface area contributed by atoms with Crippen LogP contribution in [0, 0.1) is 0 Å². The van der Waals surface area contributed by atoms with Gasteiger partial charge in [-0.2, -0.15) is 0 Å². The van der Waals surface area contributed by atoms with Crippen LogP contribution in [0.1, 0.15) is 142 Å². The standard InChI is InChI=1S/C31H64NO9P/c1-3-4-5-6-7-8-9-10-11-12-13-14-15-16-17-18-19-20-21-22-23-29(38-2)26-39-24-28(33)25-40-42(36,37)41-27-30(32)31(34)35/h28-30,33H,3-27,32H2,1-2H3,(H,34,35)(H,36,37)/t28-,29?,30+/m1/s1. The molecule has 5 N–H and O–H groups in total. The first kappa shape index (κ1) is 41.4. The van der Waals surface area contributed by atoms with Crippen LogP contribution < -0.4 is 5.73 Å². The van der Waals surface area contributed by atoms with Crippen LogP contribution in [0.2, 0.25) is 0 Å². The molecule has 0 rings (SSSR count). The van der Waals surface area contributed by atoms with Crippen LogP contribution in [0.25, 0.3) is 0 Å². The number of phosphoric ester groups is 1. The lowest BCUT2D eigenvalue weighted by atomic mass is 10.0. The van der Waals surface area contributed by atoms with Crippen molar-refractivity contribution in [1.82, 2.24) is 0 Å². The second-order valence-corrected chi connectivity index (χ2v) is 13.0. The Labute approximate surface area is 256 Å². The first-order chi connectivity index (χ1) is 20.2. The van der Waals surface area contributed by atoms with E-state index in [0.717, 1.165) is 19.3 Å². The Balaban J connectivity index is 3.54. The van der Waals surface area contributed by atoms with E-state index >= 15 is 0 Å². The van der Waals surface area contributed by atoms with E-state index in [1.165, 1.54) is 116 Å². The topological polar surface area (TPSA) is 158 Å². The summed E-state index contributed by atoms with van der Waals surface area (Å²) in [6, 6.07) is -1.45. The Hall–Kier alpha value is -0.580. The van der Waals surface area contributed by atoms with Crippen LogP contribution in [0.3, 0.4) is 0 Å². The molecule has 252 valence electrons. The quantitative estimate of drug-likeness (QED) is 0.0436. The van der Waals surface area contributed by atoms with Crippen LogP contribution in [-0.4, -0.2) is 72.9 Å². The van der Waals surface area contributed by atoms with E-state index in [1.807, 2.05) is 0 Å². The molecular weight excluding hydrogens is 561 g/mol. The van der Waals surface area contributed by atoms with Gasteiger partial charge in [-0.05, 0) is 6.42 Å². The minimum Gasteiger partial charge on any atom is -0.480 e. The molecule has 0 heterocycles. The van der Waals surface area contributed by atoms with Gasteiger partial charge in [0.15, 0.2) is 0 Å². The molecule has 0 aromatic rings. The van der Waals surface area contributed by atoms with E-state index < -0.39 is 39.2 Å².